The number of sulfonamides is 1. The van der Waals surface area contributed by atoms with Crippen molar-refractivity contribution in [3.05, 3.63) is 96.2 Å². The van der Waals surface area contributed by atoms with Crippen molar-refractivity contribution in [2.45, 2.75) is 49.5 Å². The molecule has 0 saturated heterocycles. The van der Waals surface area contributed by atoms with Gasteiger partial charge in [0.1, 0.15) is 0 Å². The first kappa shape index (κ1) is 31.7. The summed E-state index contributed by atoms with van der Waals surface area (Å²) in [4.78, 5) is 23.1. The van der Waals surface area contributed by atoms with E-state index in [1.807, 2.05) is 18.4 Å². The lowest BCUT2D eigenvalue weighted by molar-refractivity contribution is -0.193. The van der Waals surface area contributed by atoms with Gasteiger partial charge in [0.25, 0.3) is 10.0 Å². The third kappa shape index (κ3) is 8.21. The number of alkyl halides is 3. The number of aliphatic hydroxyl groups excluding tert-OH is 1. The van der Waals surface area contributed by atoms with Crippen molar-refractivity contribution in [1.82, 2.24) is 9.88 Å². The fourth-order valence-electron chi connectivity index (χ4n) is 4.33. The monoisotopic (exact) mass is 617 g/mol. The van der Waals surface area contributed by atoms with Gasteiger partial charge in [-0.1, -0.05) is 30.3 Å². The molecular formula is C30H30F3N3O6S. The highest BCUT2D eigenvalue weighted by molar-refractivity contribution is 7.92. The third-order valence-electron chi connectivity index (χ3n) is 6.75. The molecule has 0 bridgehead atoms. The van der Waals surface area contributed by atoms with Gasteiger partial charge in [-0.3, -0.25) is 4.72 Å². The standard InChI is InChI=1S/C30H30F3N3O6S/c1-29(2,14-16-36-15-13-20-17-22(11-12-25(20)36)27(38)42-28(39)30(31,32)33)34-19-26(37)21-7-6-8-23(18-21)35-43(40,41)24-9-4-3-5-10-24/h3-13,15,17-18,26,34-35,37H,14,16,19H2,1-2H3/t26-/m0/s1. The van der Waals surface area contributed by atoms with Gasteiger partial charge in [-0.25, -0.2) is 18.0 Å². The molecular weight excluding hydrogens is 587 g/mol. The first-order valence-corrected chi connectivity index (χ1v) is 14.7. The molecule has 3 N–H and O–H groups in total. The second-order valence-electron chi connectivity index (χ2n) is 10.5. The van der Waals surface area contributed by atoms with E-state index in [0.29, 0.717) is 29.6 Å². The average molecular weight is 618 g/mol. The molecule has 9 nitrogen and oxygen atoms in total. The van der Waals surface area contributed by atoms with E-state index in [1.165, 1.54) is 24.3 Å². The van der Waals surface area contributed by atoms with Crippen molar-refractivity contribution in [2.24, 2.45) is 0 Å². The summed E-state index contributed by atoms with van der Waals surface area (Å²) in [5.41, 5.74) is 0.952. The first-order valence-electron chi connectivity index (χ1n) is 13.2. The van der Waals surface area contributed by atoms with Crippen molar-refractivity contribution >= 4 is 38.6 Å². The molecule has 0 unspecified atom stereocenters. The first-order chi connectivity index (χ1) is 20.1. The van der Waals surface area contributed by atoms with E-state index in [1.54, 1.807) is 60.8 Å². The molecule has 0 aliphatic carbocycles. The van der Waals surface area contributed by atoms with Crippen LogP contribution in [0.4, 0.5) is 18.9 Å². The summed E-state index contributed by atoms with van der Waals surface area (Å²) in [6, 6.07) is 20.4. The van der Waals surface area contributed by atoms with E-state index >= 15 is 0 Å². The number of carbonyl (C=O) groups excluding carboxylic acids is 2. The minimum atomic E-state index is -5.27. The number of aliphatic hydroxyl groups is 1. The van der Waals surface area contributed by atoms with Gasteiger partial charge in [-0.05, 0) is 74.4 Å². The average Bonchev–Trinajstić information content (AvgIpc) is 3.37. The molecule has 1 aromatic heterocycles. The predicted octanol–water partition coefficient (Wildman–Crippen LogP) is 5.18. The van der Waals surface area contributed by atoms with Gasteiger partial charge < -0.3 is 19.7 Å². The number of esters is 2. The fourth-order valence-corrected chi connectivity index (χ4v) is 5.40. The van der Waals surface area contributed by atoms with Crippen LogP contribution in [0.5, 0.6) is 0 Å². The van der Waals surface area contributed by atoms with Crippen LogP contribution in [-0.2, 0) is 26.1 Å². The van der Waals surface area contributed by atoms with Crippen LogP contribution in [0.15, 0.2) is 90.0 Å². The molecule has 13 heteroatoms. The van der Waals surface area contributed by atoms with E-state index in [9.17, 15) is 36.3 Å². The van der Waals surface area contributed by atoms with Crippen molar-refractivity contribution in [3.63, 3.8) is 0 Å². The lowest BCUT2D eigenvalue weighted by Crippen LogP contribution is -2.42. The van der Waals surface area contributed by atoms with Crippen LogP contribution >= 0.6 is 0 Å². The van der Waals surface area contributed by atoms with E-state index < -0.39 is 39.8 Å². The quantitative estimate of drug-likeness (QED) is 0.156. The summed E-state index contributed by atoms with van der Waals surface area (Å²) < 4.78 is 70.8. The van der Waals surface area contributed by atoms with Gasteiger partial charge in [-0.15, -0.1) is 0 Å². The summed E-state index contributed by atoms with van der Waals surface area (Å²) in [6.45, 7) is 4.65. The molecule has 0 amide bonds. The number of aromatic nitrogens is 1. The van der Waals surface area contributed by atoms with Gasteiger partial charge in [0.05, 0.1) is 16.6 Å². The van der Waals surface area contributed by atoms with Crippen molar-refractivity contribution in [2.75, 3.05) is 11.3 Å². The van der Waals surface area contributed by atoms with Gasteiger partial charge in [0.15, 0.2) is 0 Å². The van der Waals surface area contributed by atoms with Gasteiger partial charge in [-0.2, -0.15) is 13.2 Å². The summed E-state index contributed by atoms with van der Waals surface area (Å²) >= 11 is 0. The van der Waals surface area contributed by atoms with Crippen LogP contribution in [0.1, 0.15) is 42.3 Å². The number of β-amino-alcohol motifs (C(OH)–C–C–N with tert-alkyl or cyclic N) is 1. The molecule has 1 atom stereocenters. The number of anilines is 1. The van der Waals surface area contributed by atoms with Gasteiger partial charge in [0, 0.05) is 41.4 Å². The van der Waals surface area contributed by atoms with E-state index in [-0.39, 0.29) is 17.0 Å². The Kier molecular flexibility index (Phi) is 9.28. The molecule has 3 aromatic carbocycles. The van der Waals surface area contributed by atoms with E-state index in [0.717, 1.165) is 5.52 Å². The Morgan fingerprint density at radius 3 is 2.40 bits per heavy atom. The smallest absolute Gasteiger partial charge is 0.387 e. The maximum Gasteiger partial charge on any atom is 0.491 e. The summed E-state index contributed by atoms with van der Waals surface area (Å²) in [7, 11) is -3.78. The molecule has 43 heavy (non-hydrogen) atoms. The summed E-state index contributed by atoms with van der Waals surface area (Å²) in [5, 5.41) is 14.7. The Labute approximate surface area is 246 Å². The molecule has 1 heterocycles. The zero-order valence-corrected chi connectivity index (χ0v) is 24.1. The van der Waals surface area contributed by atoms with Crippen LogP contribution in [0.3, 0.4) is 0 Å². The lowest BCUT2D eigenvalue weighted by atomic mass is 9.99. The molecule has 4 rings (SSSR count). The number of carbonyl (C=O) groups is 2. The zero-order chi connectivity index (χ0) is 31.4. The van der Waals surface area contributed by atoms with E-state index in [4.69, 9.17) is 0 Å². The number of hydrogen-bond acceptors (Lipinski definition) is 7. The van der Waals surface area contributed by atoms with Crippen molar-refractivity contribution < 1.29 is 41.0 Å². The highest BCUT2D eigenvalue weighted by Gasteiger charge is 2.42. The topological polar surface area (TPSA) is 127 Å². The Morgan fingerprint density at radius 2 is 1.70 bits per heavy atom. The fraction of sp³-hybridized carbons (Fsp3) is 0.267. The minimum Gasteiger partial charge on any atom is -0.387 e. The Hall–Kier alpha value is -4.20. The highest BCUT2D eigenvalue weighted by Crippen LogP contribution is 2.24. The number of fused-ring (bicyclic) bond motifs is 1. The van der Waals surface area contributed by atoms with Crippen LogP contribution < -0.4 is 10.0 Å². The van der Waals surface area contributed by atoms with Gasteiger partial charge >= 0.3 is 18.1 Å². The summed E-state index contributed by atoms with van der Waals surface area (Å²) in [5.74, 6) is -3.96. The maximum atomic E-state index is 12.7. The Balaban J connectivity index is 1.34. The molecule has 0 aliphatic rings. The largest absolute Gasteiger partial charge is 0.491 e. The third-order valence-corrected chi connectivity index (χ3v) is 8.15. The lowest BCUT2D eigenvalue weighted by Gasteiger charge is -2.28. The van der Waals surface area contributed by atoms with Crippen molar-refractivity contribution in [3.8, 4) is 0 Å². The number of halogens is 3. The number of rotatable bonds is 11. The normalized spacial score (nSPS) is 13.1. The number of aryl methyl sites for hydroxylation is 1. The molecule has 0 aliphatic heterocycles. The van der Waals surface area contributed by atoms with Crippen LogP contribution in [0.25, 0.3) is 10.9 Å². The minimum absolute atomic E-state index is 0.125. The Morgan fingerprint density at radius 1 is 0.977 bits per heavy atom. The number of benzene rings is 3. The Bertz CT molecular complexity index is 1720. The number of hydrogen-bond donors (Lipinski definition) is 3. The predicted molar refractivity (Wildman–Crippen MR) is 154 cm³/mol. The zero-order valence-electron chi connectivity index (χ0n) is 23.3. The van der Waals surface area contributed by atoms with Crippen LogP contribution in [-0.4, -0.2) is 48.3 Å². The molecule has 0 fully saturated rings. The van der Waals surface area contributed by atoms with Gasteiger partial charge in [0.2, 0.25) is 0 Å². The number of nitrogens with one attached hydrogen (secondary N) is 2. The SMILES string of the molecule is CC(C)(CCn1ccc2cc(C(=O)OC(=O)C(F)(F)F)ccc21)NC[C@H](O)c1cccc(NS(=O)(=O)c2ccccc2)c1. The second-order valence-corrected chi connectivity index (χ2v) is 12.2. The maximum absolute atomic E-state index is 12.7. The molecule has 4 aromatic rings. The van der Waals surface area contributed by atoms with Crippen molar-refractivity contribution in [1.29, 1.82) is 0 Å². The molecule has 0 radical (unpaired) electrons. The molecule has 228 valence electrons. The van der Waals surface area contributed by atoms with E-state index in [2.05, 4.69) is 14.8 Å². The van der Waals surface area contributed by atoms with Crippen LogP contribution in [0, 0.1) is 0 Å². The second kappa shape index (κ2) is 12.6. The number of nitrogens with zero attached hydrogens (tertiary/aromatic N) is 1. The molecule has 0 spiro atoms. The highest BCUT2D eigenvalue weighted by atomic mass is 32.2. The van der Waals surface area contributed by atoms with Crippen LogP contribution in [0.2, 0.25) is 0 Å². The molecule has 0 saturated carbocycles. The number of ether oxygens (including phenoxy) is 1. The summed E-state index contributed by atoms with van der Waals surface area (Å²) in [6.07, 6.45) is -3.81.